The van der Waals surface area contributed by atoms with E-state index in [2.05, 4.69) is 25.7 Å². The smallest absolute Gasteiger partial charge is 0.118 e. The molecule has 1 aromatic rings. The van der Waals surface area contributed by atoms with Crippen LogP contribution in [0.5, 0.6) is 0 Å². The molecule has 1 aromatic heterocycles. The first-order valence-electron chi connectivity index (χ1n) is 5.65. The Morgan fingerprint density at radius 2 is 2.00 bits per heavy atom. The summed E-state index contributed by atoms with van der Waals surface area (Å²) in [5.74, 6) is 2.57. The summed E-state index contributed by atoms with van der Waals surface area (Å²) < 4.78 is 5.58. The fourth-order valence-corrected chi connectivity index (χ4v) is 1.66. The molecule has 0 aromatic carbocycles. The molecule has 0 aliphatic rings. The zero-order valence-corrected chi connectivity index (χ0v) is 9.99. The minimum atomic E-state index is 0.482. The first kappa shape index (κ1) is 12.3. The van der Waals surface area contributed by atoms with Crippen molar-refractivity contribution in [1.82, 2.24) is 4.90 Å². The Labute approximate surface area is 92.2 Å². The highest BCUT2D eigenvalue weighted by Gasteiger charge is 2.08. The predicted molar refractivity (Wildman–Crippen MR) is 62.4 cm³/mol. The van der Waals surface area contributed by atoms with Gasteiger partial charge in [-0.25, -0.2) is 0 Å². The summed E-state index contributed by atoms with van der Waals surface area (Å²) in [6.07, 6.45) is 0. The van der Waals surface area contributed by atoms with Gasteiger partial charge < -0.3 is 10.2 Å². The average Bonchev–Trinajstić information content (AvgIpc) is 2.64. The molecule has 0 atom stereocenters. The molecule has 86 valence electrons. The van der Waals surface area contributed by atoms with E-state index in [0.717, 1.165) is 31.2 Å². The van der Waals surface area contributed by atoms with Gasteiger partial charge in [0.2, 0.25) is 0 Å². The van der Waals surface area contributed by atoms with Crippen molar-refractivity contribution in [3.63, 3.8) is 0 Å². The number of furan rings is 1. The van der Waals surface area contributed by atoms with Gasteiger partial charge in [0.1, 0.15) is 11.5 Å². The second-order valence-electron chi connectivity index (χ2n) is 4.29. The lowest BCUT2D eigenvalue weighted by Crippen LogP contribution is -2.26. The van der Waals surface area contributed by atoms with E-state index in [-0.39, 0.29) is 0 Å². The van der Waals surface area contributed by atoms with Crippen LogP contribution in [0.15, 0.2) is 16.5 Å². The van der Waals surface area contributed by atoms with Gasteiger partial charge in [-0.3, -0.25) is 4.90 Å². The molecule has 1 heterocycles. The largest absolute Gasteiger partial charge is 0.463 e. The summed E-state index contributed by atoms with van der Waals surface area (Å²) >= 11 is 0. The molecule has 2 N–H and O–H groups in total. The molecular weight excluding hydrogens is 188 g/mol. The van der Waals surface area contributed by atoms with Crippen molar-refractivity contribution in [3.8, 4) is 0 Å². The van der Waals surface area contributed by atoms with Crippen LogP contribution in [0.3, 0.4) is 0 Å². The summed E-state index contributed by atoms with van der Waals surface area (Å²) in [5, 5.41) is 0. The first-order valence-corrected chi connectivity index (χ1v) is 5.65. The van der Waals surface area contributed by atoms with Gasteiger partial charge in [0, 0.05) is 6.54 Å². The Morgan fingerprint density at radius 3 is 2.47 bits per heavy atom. The van der Waals surface area contributed by atoms with Crippen LogP contribution < -0.4 is 5.73 Å². The lowest BCUT2D eigenvalue weighted by atomic mass is 10.2. The van der Waals surface area contributed by atoms with Crippen LogP contribution in [-0.2, 0) is 13.1 Å². The van der Waals surface area contributed by atoms with Crippen LogP contribution in [0.2, 0.25) is 0 Å². The van der Waals surface area contributed by atoms with Crippen molar-refractivity contribution in [2.45, 2.75) is 33.9 Å². The first-order chi connectivity index (χ1) is 7.15. The number of hydrogen-bond acceptors (Lipinski definition) is 3. The van der Waals surface area contributed by atoms with Gasteiger partial charge in [-0.2, -0.15) is 0 Å². The highest BCUT2D eigenvalue weighted by atomic mass is 16.3. The molecule has 0 fully saturated rings. The molecule has 0 saturated carbocycles. The summed E-state index contributed by atoms with van der Waals surface area (Å²) in [5.41, 5.74) is 5.50. The Hall–Kier alpha value is -0.800. The maximum Gasteiger partial charge on any atom is 0.118 e. The standard InChI is InChI=1S/C12H22N2O/c1-4-14(8-10(2)3)9-12-6-5-11(7-13)15-12/h5-6,10H,4,7-9,13H2,1-3H3. The quantitative estimate of drug-likeness (QED) is 0.783. The third-order valence-corrected chi connectivity index (χ3v) is 2.37. The normalized spacial score (nSPS) is 11.6. The average molecular weight is 210 g/mol. The summed E-state index contributed by atoms with van der Waals surface area (Å²) in [6.45, 7) is 10.2. The van der Waals surface area contributed by atoms with Crippen LogP contribution in [-0.4, -0.2) is 18.0 Å². The fourth-order valence-electron chi connectivity index (χ4n) is 1.66. The molecule has 0 spiro atoms. The summed E-state index contributed by atoms with van der Waals surface area (Å²) in [6, 6.07) is 3.98. The van der Waals surface area contributed by atoms with Crippen LogP contribution in [0, 0.1) is 5.92 Å². The Morgan fingerprint density at radius 1 is 1.33 bits per heavy atom. The SMILES string of the molecule is CCN(Cc1ccc(CN)o1)CC(C)C. The van der Waals surface area contributed by atoms with Gasteiger partial charge in [0.05, 0.1) is 13.1 Å². The van der Waals surface area contributed by atoms with E-state index in [1.54, 1.807) is 0 Å². The third kappa shape index (κ3) is 4.06. The zero-order valence-electron chi connectivity index (χ0n) is 9.99. The van der Waals surface area contributed by atoms with E-state index in [0.29, 0.717) is 12.5 Å². The van der Waals surface area contributed by atoms with E-state index in [9.17, 15) is 0 Å². The predicted octanol–water partition coefficient (Wildman–Crippen LogP) is 2.22. The Bertz CT molecular complexity index is 281. The highest BCUT2D eigenvalue weighted by molar-refractivity contribution is 5.06. The van der Waals surface area contributed by atoms with Gasteiger partial charge in [-0.05, 0) is 24.6 Å². The number of nitrogens with two attached hydrogens (primary N) is 1. The van der Waals surface area contributed by atoms with Crippen LogP contribution in [0.4, 0.5) is 0 Å². The van der Waals surface area contributed by atoms with Gasteiger partial charge in [-0.15, -0.1) is 0 Å². The molecular formula is C12H22N2O. The monoisotopic (exact) mass is 210 g/mol. The van der Waals surface area contributed by atoms with E-state index in [4.69, 9.17) is 10.2 Å². The Balaban J connectivity index is 2.50. The van der Waals surface area contributed by atoms with E-state index < -0.39 is 0 Å². The van der Waals surface area contributed by atoms with Crippen LogP contribution >= 0.6 is 0 Å². The van der Waals surface area contributed by atoms with Crippen molar-refractivity contribution in [1.29, 1.82) is 0 Å². The van der Waals surface area contributed by atoms with Crippen molar-refractivity contribution >= 4 is 0 Å². The van der Waals surface area contributed by atoms with Gasteiger partial charge in [-0.1, -0.05) is 20.8 Å². The topological polar surface area (TPSA) is 42.4 Å². The fraction of sp³-hybridized carbons (Fsp3) is 0.667. The molecule has 0 amide bonds. The van der Waals surface area contributed by atoms with E-state index >= 15 is 0 Å². The number of nitrogens with zero attached hydrogens (tertiary/aromatic N) is 1. The molecule has 3 heteroatoms. The minimum absolute atomic E-state index is 0.482. The highest BCUT2D eigenvalue weighted by Crippen LogP contribution is 2.11. The molecule has 0 bridgehead atoms. The lowest BCUT2D eigenvalue weighted by Gasteiger charge is -2.21. The maximum absolute atomic E-state index is 5.58. The van der Waals surface area contributed by atoms with Crippen LogP contribution in [0.1, 0.15) is 32.3 Å². The van der Waals surface area contributed by atoms with Crippen molar-refractivity contribution in [2.75, 3.05) is 13.1 Å². The minimum Gasteiger partial charge on any atom is -0.463 e. The van der Waals surface area contributed by atoms with Crippen LogP contribution in [0.25, 0.3) is 0 Å². The molecule has 0 aliphatic carbocycles. The Kier molecular flexibility index (Phi) is 4.85. The molecule has 1 rings (SSSR count). The van der Waals surface area contributed by atoms with E-state index in [1.807, 2.05) is 12.1 Å². The molecule has 0 unspecified atom stereocenters. The summed E-state index contributed by atoms with van der Waals surface area (Å²) in [7, 11) is 0. The zero-order chi connectivity index (χ0) is 11.3. The van der Waals surface area contributed by atoms with Gasteiger partial charge in [0.25, 0.3) is 0 Å². The van der Waals surface area contributed by atoms with Crippen molar-refractivity contribution < 1.29 is 4.42 Å². The molecule has 0 radical (unpaired) electrons. The summed E-state index contributed by atoms with van der Waals surface area (Å²) in [4.78, 5) is 2.38. The second-order valence-corrected chi connectivity index (χ2v) is 4.29. The molecule has 0 aliphatic heterocycles. The molecule has 15 heavy (non-hydrogen) atoms. The number of hydrogen-bond donors (Lipinski definition) is 1. The molecule has 0 saturated heterocycles. The van der Waals surface area contributed by atoms with Gasteiger partial charge >= 0.3 is 0 Å². The number of rotatable bonds is 6. The second kappa shape index (κ2) is 5.93. The van der Waals surface area contributed by atoms with Crippen molar-refractivity contribution in [2.24, 2.45) is 11.7 Å². The lowest BCUT2D eigenvalue weighted by molar-refractivity contribution is 0.227. The maximum atomic E-state index is 5.58. The van der Waals surface area contributed by atoms with Gasteiger partial charge in [0.15, 0.2) is 0 Å². The van der Waals surface area contributed by atoms with Crippen molar-refractivity contribution in [3.05, 3.63) is 23.7 Å². The third-order valence-electron chi connectivity index (χ3n) is 2.37. The molecule has 3 nitrogen and oxygen atoms in total. The van der Waals surface area contributed by atoms with E-state index in [1.165, 1.54) is 0 Å².